The minimum absolute atomic E-state index is 0.00291. The van der Waals surface area contributed by atoms with Crippen molar-refractivity contribution >= 4 is 39.5 Å². The third kappa shape index (κ3) is 8.10. The molecule has 232 valence electrons. The van der Waals surface area contributed by atoms with Gasteiger partial charge in [-0.05, 0) is 51.8 Å². The van der Waals surface area contributed by atoms with E-state index < -0.39 is 21.5 Å². The van der Waals surface area contributed by atoms with Gasteiger partial charge < -0.3 is 10.1 Å². The van der Waals surface area contributed by atoms with Gasteiger partial charge >= 0.3 is 5.97 Å². The van der Waals surface area contributed by atoms with Crippen LogP contribution in [-0.2, 0) is 29.7 Å². The number of rotatable bonds is 15. The molecule has 0 radical (unpaired) electrons. The molecule has 0 saturated carbocycles. The van der Waals surface area contributed by atoms with Crippen LogP contribution in [0.4, 0.5) is 5.69 Å². The molecule has 0 bridgehead atoms. The minimum Gasteiger partial charge on any atom is -0.481 e. The minimum atomic E-state index is -4.08. The Morgan fingerprint density at radius 2 is 1.98 bits per heavy atom. The molecule has 0 aromatic heterocycles. The third-order valence-electron chi connectivity index (χ3n) is 8.02. The van der Waals surface area contributed by atoms with Crippen LogP contribution in [0.2, 0.25) is 0 Å². The van der Waals surface area contributed by atoms with E-state index in [0.717, 1.165) is 52.6 Å². The topological polar surface area (TPSA) is 149 Å². The Morgan fingerprint density at radius 3 is 2.62 bits per heavy atom. The molecule has 2 unspecified atom stereocenters. The monoisotopic (exact) mass is 624 g/mol. The number of benzene rings is 1. The number of allylic oxidation sites excluding steroid dienone is 5. The van der Waals surface area contributed by atoms with E-state index in [1.54, 1.807) is 0 Å². The Balaban J connectivity index is 1.87. The molecule has 42 heavy (non-hydrogen) atoms. The van der Waals surface area contributed by atoms with Crippen molar-refractivity contribution in [1.82, 2.24) is 10.4 Å². The van der Waals surface area contributed by atoms with Crippen LogP contribution in [0.15, 0.2) is 59.2 Å². The highest BCUT2D eigenvalue weighted by Gasteiger charge is 2.45. The van der Waals surface area contributed by atoms with Crippen molar-refractivity contribution in [3.63, 3.8) is 0 Å². The lowest BCUT2D eigenvalue weighted by atomic mass is 9.77. The zero-order chi connectivity index (χ0) is 31.1. The summed E-state index contributed by atoms with van der Waals surface area (Å²) in [6, 6.07) is 5.91. The quantitative estimate of drug-likeness (QED) is 0.0506. The molecule has 0 amide bonds. The summed E-state index contributed by atoms with van der Waals surface area (Å²) in [6.45, 7) is 11.6. The summed E-state index contributed by atoms with van der Waals surface area (Å²) in [5.41, 5.74) is 6.80. The lowest BCUT2D eigenvalue weighted by Crippen LogP contribution is -2.36. The van der Waals surface area contributed by atoms with Crippen LogP contribution < -0.4 is 5.43 Å². The average Bonchev–Trinajstić information content (AvgIpc) is 3.27. The fourth-order valence-electron chi connectivity index (χ4n) is 5.64. The van der Waals surface area contributed by atoms with Crippen LogP contribution in [-0.4, -0.2) is 69.5 Å². The number of fused-ring (bicyclic) bond motifs is 1. The van der Waals surface area contributed by atoms with Gasteiger partial charge in [0.15, 0.2) is 5.71 Å². The number of carboxylic acid groups (broad SMARTS) is 1. The largest absolute Gasteiger partial charge is 0.481 e. The van der Waals surface area contributed by atoms with Gasteiger partial charge in [0.2, 0.25) is 5.69 Å². The van der Waals surface area contributed by atoms with Gasteiger partial charge in [0, 0.05) is 59.1 Å². The Labute approximate surface area is 252 Å². The van der Waals surface area contributed by atoms with Crippen molar-refractivity contribution in [2.75, 3.05) is 18.8 Å². The molecule has 0 spiro atoms. The summed E-state index contributed by atoms with van der Waals surface area (Å²) in [6.07, 6.45) is 11.4. The average molecular weight is 625 g/mol. The number of aliphatic carboxylic acids is 1. The summed E-state index contributed by atoms with van der Waals surface area (Å²) in [4.78, 5) is 12.2. The van der Waals surface area contributed by atoms with Crippen molar-refractivity contribution in [1.29, 1.82) is 0 Å². The molecule has 1 aromatic rings. The van der Waals surface area contributed by atoms with Gasteiger partial charge in [-0.1, -0.05) is 37.1 Å². The van der Waals surface area contributed by atoms with Gasteiger partial charge in [-0.2, -0.15) is 13.0 Å². The van der Waals surface area contributed by atoms with Crippen molar-refractivity contribution in [3.8, 4) is 0 Å². The number of hydrogen-bond donors (Lipinski definition) is 4. The van der Waals surface area contributed by atoms with Crippen molar-refractivity contribution in [3.05, 3.63) is 59.8 Å². The van der Waals surface area contributed by atoms with E-state index in [9.17, 15) is 18.3 Å². The van der Waals surface area contributed by atoms with Gasteiger partial charge in [-0.25, -0.2) is 10.7 Å². The predicted octanol–water partition coefficient (Wildman–Crippen LogP) is 5.26. The highest BCUT2D eigenvalue weighted by atomic mass is 32.2. The van der Waals surface area contributed by atoms with Crippen molar-refractivity contribution in [2.45, 2.75) is 76.7 Å². The van der Waals surface area contributed by atoms with Crippen LogP contribution in [0.1, 0.15) is 65.9 Å². The normalized spacial score (nSPS) is 23.2. The number of hydrazine groups is 1. The van der Waals surface area contributed by atoms with Crippen molar-refractivity contribution < 1.29 is 42.1 Å². The third-order valence-corrected chi connectivity index (χ3v) is 9.40. The number of carboxylic acids is 1. The lowest BCUT2D eigenvalue weighted by molar-refractivity contribution is -0.437. The van der Waals surface area contributed by atoms with Crippen LogP contribution in [0.3, 0.4) is 0 Å². The molecular weight excluding hydrogens is 582 g/mol. The molecular formula is C29H42N3O8S2+. The molecule has 2 aliphatic rings. The first-order chi connectivity index (χ1) is 19.7. The fourth-order valence-corrected chi connectivity index (χ4v) is 6.53. The van der Waals surface area contributed by atoms with E-state index in [4.69, 9.17) is 9.81 Å². The molecule has 1 saturated heterocycles. The summed E-state index contributed by atoms with van der Waals surface area (Å²) < 4.78 is 38.6. The zero-order valence-corrected chi connectivity index (χ0v) is 26.4. The fraction of sp³-hybridized carbons (Fsp3) is 0.517. The molecule has 2 heterocycles. The van der Waals surface area contributed by atoms with Gasteiger partial charge in [0.25, 0.3) is 10.1 Å². The van der Waals surface area contributed by atoms with E-state index in [1.165, 1.54) is 0 Å². The molecule has 0 aliphatic carbocycles. The molecule has 11 nitrogen and oxygen atoms in total. The van der Waals surface area contributed by atoms with Crippen LogP contribution >= 0.6 is 12.0 Å². The maximum absolute atomic E-state index is 11.4. The number of nitrogens with one attached hydrogen (secondary N) is 1. The molecule has 1 fully saturated rings. The number of carbonyl (C=O) groups is 1. The van der Waals surface area contributed by atoms with Crippen LogP contribution in [0.25, 0.3) is 0 Å². The van der Waals surface area contributed by atoms with Gasteiger partial charge in [-0.3, -0.25) is 9.35 Å². The summed E-state index contributed by atoms with van der Waals surface area (Å²) >= 11 is 0.931. The highest BCUT2D eigenvalue weighted by molar-refractivity contribution is 7.94. The summed E-state index contributed by atoms with van der Waals surface area (Å²) in [5.74, 6) is -1.23. The first kappa shape index (κ1) is 34.0. The van der Waals surface area contributed by atoms with Crippen LogP contribution in [0.5, 0.6) is 0 Å². The number of hydrogen-bond acceptors (Lipinski definition) is 9. The molecule has 1 aromatic carbocycles. The Morgan fingerprint density at radius 1 is 1.24 bits per heavy atom. The smallest absolute Gasteiger partial charge is 0.303 e. The second-order valence-corrected chi connectivity index (χ2v) is 13.7. The molecule has 2 atom stereocenters. The molecule has 3 rings (SSSR count). The van der Waals surface area contributed by atoms with E-state index in [-0.39, 0.29) is 30.1 Å². The lowest BCUT2D eigenvalue weighted by Gasteiger charge is -2.29. The zero-order valence-electron chi connectivity index (χ0n) is 24.7. The summed E-state index contributed by atoms with van der Waals surface area (Å²) in [7, 11) is -4.08. The molecule has 13 heteroatoms. The van der Waals surface area contributed by atoms with Gasteiger partial charge in [0.05, 0.1) is 23.2 Å². The second kappa shape index (κ2) is 14.3. The number of nitrogens with zero attached hydrogens (tertiary/aromatic N) is 2. The first-order valence-electron chi connectivity index (χ1n) is 13.9. The van der Waals surface area contributed by atoms with E-state index in [0.29, 0.717) is 13.0 Å². The SMILES string of the molecule is CCC[N+]1=C(/C=C/C=C/C=C2\N(CCCS(=O)(=O)O)NC(C)C2(C)CCC(=O)O)C(C)(C)c2cc(SOOO)ccc21. The maximum atomic E-state index is 11.4. The van der Waals surface area contributed by atoms with Crippen LogP contribution in [0, 0.1) is 5.41 Å². The predicted molar refractivity (Wildman–Crippen MR) is 162 cm³/mol. The van der Waals surface area contributed by atoms with Gasteiger partial charge in [-0.15, -0.1) is 4.33 Å². The highest BCUT2D eigenvalue weighted by Crippen LogP contribution is 2.43. The van der Waals surface area contributed by atoms with Gasteiger partial charge in [0.1, 0.15) is 6.54 Å². The van der Waals surface area contributed by atoms with E-state index >= 15 is 0 Å². The maximum Gasteiger partial charge on any atom is 0.303 e. The second-order valence-electron chi connectivity index (χ2n) is 11.3. The molecule has 4 N–H and O–H groups in total. The standard InChI is InChI=1S/C29H41N3O8S2/c1-6-17-31-24-14-13-22(41-40-39-35)20-23(24)28(3,4)25(31)11-8-7-9-12-26-29(5,16-15-27(33)34)21(2)30-32(26)18-10-19-42(36,37)38/h7-9,11-14,20-21,30H,6,10,15-19H2,1-5H3,(H2-,33,34,35,36,37,38)/p+1. The first-order valence-corrected chi connectivity index (χ1v) is 16.3. The molecule has 2 aliphatic heterocycles. The Hall–Kier alpha value is -2.52. The Kier molecular flexibility index (Phi) is 11.6. The Bertz CT molecular complexity index is 1370. The van der Waals surface area contributed by atoms with E-state index in [2.05, 4.69) is 46.2 Å². The van der Waals surface area contributed by atoms with E-state index in [1.807, 2.05) is 61.4 Å². The van der Waals surface area contributed by atoms with Crippen molar-refractivity contribution in [2.24, 2.45) is 5.41 Å². The summed E-state index contributed by atoms with van der Waals surface area (Å²) in [5, 5.41) is 23.5.